The minimum Gasteiger partial charge on any atom is -0.375 e. The van der Waals surface area contributed by atoms with Crippen molar-refractivity contribution in [3.05, 3.63) is 22.1 Å². The average Bonchev–Trinajstić information content (AvgIpc) is 3.15. The van der Waals surface area contributed by atoms with Crippen molar-refractivity contribution in [3.63, 3.8) is 0 Å². The molecule has 0 bridgehead atoms. The molecule has 1 unspecified atom stereocenters. The van der Waals surface area contributed by atoms with Gasteiger partial charge in [0.2, 0.25) is 10.1 Å². The van der Waals surface area contributed by atoms with Gasteiger partial charge in [0, 0.05) is 24.4 Å². The van der Waals surface area contributed by atoms with Gasteiger partial charge in [-0.1, -0.05) is 37.5 Å². The highest BCUT2D eigenvalue weighted by molar-refractivity contribution is 7.20. The summed E-state index contributed by atoms with van der Waals surface area (Å²) >= 11 is 1.46. The van der Waals surface area contributed by atoms with Crippen molar-refractivity contribution in [2.75, 3.05) is 11.9 Å². The van der Waals surface area contributed by atoms with Gasteiger partial charge in [0.25, 0.3) is 5.56 Å². The van der Waals surface area contributed by atoms with Gasteiger partial charge >= 0.3 is 0 Å². The zero-order valence-electron chi connectivity index (χ0n) is 14.1. The molecule has 2 aromatic rings. The molecule has 3 heterocycles. The number of anilines is 1. The van der Waals surface area contributed by atoms with Crippen LogP contribution in [0.1, 0.15) is 57.6 Å². The molecule has 1 N–H and O–H groups in total. The van der Waals surface area contributed by atoms with Crippen LogP contribution < -0.4 is 10.9 Å². The van der Waals surface area contributed by atoms with Crippen LogP contribution >= 0.6 is 11.3 Å². The average molecular weight is 348 g/mol. The van der Waals surface area contributed by atoms with Gasteiger partial charge in [0.05, 0.1) is 5.60 Å². The molecule has 4 rings (SSSR count). The summed E-state index contributed by atoms with van der Waals surface area (Å²) in [6.45, 7) is 2.90. The highest BCUT2D eigenvalue weighted by atomic mass is 32.1. The van der Waals surface area contributed by atoms with Crippen molar-refractivity contribution in [3.8, 4) is 0 Å². The van der Waals surface area contributed by atoms with E-state index in [0.29, 0.717) is 11.0 Å². The first-order chi connectivity index (χ1) is 11.7. The van der Waals surface area contributed by atoms with Crippen LogP contribution in [0.25, 0.3) is 4.96 Å². The maximum atomic E-state index is 12.2. The largest absolute Gasteiger partial charge is 0.375 e. The highest BCUT2D eigenvalue weighted by Gasteiger charge is 2.40. The maximum Gasteiger partial charge on any atom is 0.275 e. The van der Waals surface area contributed by atoms with E-state index in [2.05, 4.69) is 22.3 Å². The first kappa shape index (κ1) is 16.0. The summed E-state index contributed by atoms with van der Waals surface area (Å²) in [5, 5.41) is 8.74. The molecule has 7 heteroatoms. The van der Waals surface area contributed by atoms with Crippen LogP contribution in [0.2, 0.25) is 0 Å². The Kier molecular flexibility index (Phi) is 4.30. The van der Waals surface area contributed by atoms with Crippen LogP contribution in [0.3, 0.4) is 0 Å². The van der Waals surface area contributed by atoms with Crippen molar-refractivity contribution < 1.29 is 4.74 Å². The standard InChI is InChI=1S/C17H24N4O2S/c1-2-5-12-10-14(22)21-16(19-12)24-15(20-21)18-13-6-9-23-17(11-13)7-3-4-8-17/h10,13H,2-9,11H2,1H3,(H,18,20). The summed E-state index contributed by atoms with van der Waals surface area (Å²) in [6.07, 6.45) is 8.72. The van der Waals surface area contributed by atoms with Crippen molar-refractivity contribution in [2.24, 2.45) is 0 Å². The van der Waals surface area contributed by atoms with Gasteiger partial charge in [-0.3, -0.25) is 4.79 Å². The zero-order valence-corrected chi connectivity index (χ0v) is 14.9. The van der Waals surface area contributed by atoms with E-state index in [9.17, 15) is 4.79 Å². The summed E-state index contributed by atoms with van der Waals surface area (Å²) in [5.41, 5.74) is 0.844. The SMILES string of the molecule is CCCc1cc(=O)n2nc(NC3CCOC4(CCCC4)C3)sc2n1. The second kappa shape index (κ2) is 6.44. The van der Waals surface area contributed by atoms with Crippen LogP contribution in [-0.4, -0.2) is 32.8 Å². The van der Waals surface area contributed by atoms with Crippen molar-refractivity contribution >= 4 is 21.4 Å². The molecule has 6 nitrogen and oxygen atoms in total. The molecule has 0 aromatic carbocycles. The number of nitrogens with zero attached hydrogens (tertiary/aromatic N) is 3. The molecule has 1 spiro atoms. The number of fused-ring (bicyclic) bond motifs is 1. The first-order valence-corrected chi connectivity index (χ1v) is 9.79. The zero-order chi connectivity index (χ0) is 16.6. The molecule has 130 valence electrons. The van der Waals surface area contributed by atoms with E-state index in [4.69, 9.17) is 4.74 Å². The summed E-state index contributed by atoms with van der Waals surface area (Å²) in [4.78, 5) is 17.4. The molecular formula is C17H24N4O2S. The van der Waals surface area contributed by atoms with Crippen molar-refractivity contribution in [2.45, 2.75) is 69.9 Å². The van der Waals surface area contributed by atoms with Gasteiger partial charge in [-0.15, -0.1) is 5.10 Å². The Bertz CT molecular complexity index is 778. The number of hydrogen-bond donors (Lipinski definition) is 1. The number of nitrogens with one attached hydrogen (secondary N) is 1. The quantitative estimate of drug-likeness (QED) is 0.920. The van der Waals surface area contributed by atoms with Crippen LogP contribution in [0, 0.1) is 0 Å². The molecular weight excluding hydrogens is 324 g/mol. The van der Waals surface area contributed by atoms with Gasteiger partial charge in [0.15, 0.2) is 0 Å². The van der Waals surface area contributed by atoms with Gasteiger partial charge in [-0.05, 0) is 32.1 Å². The second-order valence-electron chi connectivity index (χ2n) is 7.01. The lowest BCUT2D eigenvalue weighted by atomic mass is 9.89. The topological polar surface area (TPSA) is 68.5 Å². The Morgan fingerprint density at radius 3 is 3.08 bits per heavy atom. The number of aromatic nitrogens is 3. The molecule has 1 aliphatic carbocycles. The van der Waals surface area contributed by atoms with Crippen LogP contribution in [-0.2, 0) is 11.2 Å². The summed E-state index contributed by atoms with van der Waals surface area (Å²) in [6, 6.07) is 1.96. The fraction of sp³-hybridized carbons (Fsp3) is 0.706. The third-order valence-corrected chi connectivity index (χ3v) is 5.98. The Hall–Kier alpha value is -1.47. The lowest BCUT2D eigenvalue weighted by Gasteiger charge is -2.38. The van der Waals surface area contributed by atoms with E-state index in [0.717, 1.165) is 43.1 Å². The van der Waals surface area contributed by atoms with E-state index in [1.807, 2.05) is 0 Å². The minimum atomic E-state index is -0.0907. The number of ether oxygens (including phenoxy) is 1. The van der Waals surface area contributed by atoms with Crippen molar-refractivity contribution in [1.29, 1.82) is 0 Å². The molecule has 1 atom stereocenters. The number of aryl methyl sites for hydroxylation is 1. The van der Waals surface area contributed by atoms with Crippen LogP contribution in [0.15, 0.2) is 10.9 Å². The molecule has 1 saturated carbocycles. The summed E-state index contributed by atoms with van der Waals surface area (Å²) < 4.78 is 7.50. The summed E-state index contributed by atoms with van der Waals surface area (Å²) in [7, 11) is 0. The van der Waals surface area contributed by atoms with Crippen LogP contribution in [0.5, 0.6) is 0 Å². The normalized spacial score (nSPS) is 23.1. The van der Waals surface area contributed by atoms with E-state index in [-0.39, 0.29) is 11.2 Å². The third kappa shape index (κ3) is 3.07. The molecule has 2 fully saturated rings. The van der Waals surface area contributed by atoms with Crippen LogP contribution in [0.4, 0.5) is 5.13 Å². The molecule has 1 saturated heterocycles. The Labute approximate surface area is 145 Å². The Morgan fingerprint density at radius 2 is 2.29 bits per heavy atom. The Balaban J connectivity index is 1.54. The lowest BCUT2D eigenvalue weighted by Crippen LogP contribution is -2.42. The van der Waals surface area contributed by atoms with Gasteiger partial charge in [0.1, 0.15) is 0 Å². The maximum absolute atomic E-state index is 12.2. The van der Waals surface area contributed by atoms with E-state index in [1.54, 1.807) is 6.07 Å². The molecule has 1 aliphatic heterocycles. The van der Waals surface area contributed by atoms with Gasteiger partial charge in [-0.25, -0.2) is 4.98 Å². The Morgan fingerprint density at radius 1 is 1.46 bits per heavy atom. The van der Waals surface area contributed by atoms with Crippen molar-refractivity contribution in [1.82, 2.24) is 14.6 Å². The predicted molar refractivity (Wildman–Crippen MR) is 94.9 cm³/mol. The minimum absolute atomic E-state index is 0.0793. The van der Waals surface area contributed by atoms with E-state index >= 15 is 0 Å². The molecule has 0 amide bonds. The highest BCUT2D eigenvalue weighted by Crippen LogP contribution is 2.40. The first-order valence-electron chi connectivity index (χ1n) is 8.98. The fourth-order valence-electron chi connectivity index (χ4n) is 3.99. The molecule has 2 aromatic heterocycles. The number of rotatable bonds is 4. The van der Waals surface area contributed by atoms with E-state index in [1.165, 1.54) is 41.5 Å². The lowest BCUT2D eigenvalue weighted by molar-refractivity contribution is -0.0767. The smallest absolute Gasteiger partial charge is 0.275 e. The molecule has 24 heavy (non-hydrogen) atoms. The monoisotopic (exact) mass is 348 g/mol. The van der Waals surface area contributed by atoms with Gasteiger partial charge < -0.3 is 10.1 Å². The van der Waals surface area contributed by atoms with Gasteiger partial charge in [-0.2, -0.15) is 4.52 Å². The van der Waals surface area contributed by atoms with E-state index < -0.39 is 0 Å². The molecule has 0 radical (unpaired) electrons. The molecule has 2 aliphatic rings. The second-order valence-corrected chi connectivity index (χ2v) is 7.97. The third-order valence-electron chi connectivity index (χ3n) is 5.14. The predicted octanol–water partition coefficient (Wildman–Crippen LogP) is 3.01. The summed E-state index contributed by atoms with van der Waals surface area (Å²) in [5.74, 6) is 0. The number of hydrogen-bond acceptors (Lipinski definition) is 6. The fourth-order valence-corrected chi connectivity index (χ4v) is 4.89.